The standard InChI is InChI=1S/C21H23FIN5O2S/c1-12-11-27(19-16(23)8-14(10-24-19)7-13(2)29)5-6-28(12)21(30)26-20-25-17-4-3-15(22)9-18(17)31-20/h3-4,8-10,12-13,29H,5-7,11H2,1-2H3,(H,25,26,30)/t12-,13+/m1/s1. The summed E-state index contributed by atoms with van der Waals surface area (Å²) in [4.78, 5) is 25.8. The van der Waals surface area contributed by atoms with Crippen molar-refractivity contribution in [3.8, 4) is 0 Å². The lowest BCUT2D eigenvalue weighted by atomic mass is 10.1. The van der Waals surface area contributed by atoms with Crippen molar-refractivity contribution in [2.75, 3.05) is 29.9 Å². The van der Waals surface area contributed by atoms with Crippen molar-refractivity contribution in [3.63, 3.8) is 0 Å². The van der Waals surface area contributed by atoms with E-state index in [9.17, 15) is 14.3 Å². The molecule has 2 atom stereocenters. The molecule has 10 heteroatoms. The number of aromatic nitrogens is 2. The predicted octanol–water partition coefficient (Wildman–Crippen LogP) is 4.10. The van der Waals surface area contributed by atoms with Crippen molar-refractivity contribution in [3.05, 3.63) is 45.4 Å². The fourth-order valence-electron chi connectivity index (χ4n) is 3.72. The molecule has 2 amide bonds. The van der Waals surface area contributed by atoms with Gasteiger partial charge >= 0.3 is 6.03 Å². The molecule has 7 nitrogen and oxygen atoms in total. The van der Waals surface area contributed by atoms with E-state index >= 15 is 0 Å². The second-order valence-corrected chi connectivity index (χ2v) is 9.94. The van der Waals surface area contributed by atoms with Crippen LogP contribution in [-0.4, -0.2) is 57.8 Å². The number of carbonyl (C=O) groups is 1. The number of halogens is 2. The molecule has 1 aromatic carbocycles. The Kier molecular flexibility index (Phi) is 6.58. The largest absolute Gasteiger partial charge is 0.393 e. The van der Waals surface area contributed by atoms with Gasteiger partial charge in [0.1, 0.15) is 11.6 Å². The predicted molar refractivity (Wildman–Crippen MR) is 129 cm³/mol. The second kappa shape index (κ2) is 9.21. The lowest BCUT2D eigenvalue weighted by Crippen LogP contribution is -2.55. The maximum absolute atomic E-state index is 13.4. The van der Waals surface area contributed by atoms with Gasteiger partial charge in [-0.3, -0.25) is 5.32 Å². The van der Waals surface area contributed by atoms with E-state index in [0.717, 1.165) is 15.0 Å². The van der Waals surface area contributed by atoms with E-state index in [-0.39, 0.29) is 17.9 Å². The van der Waals surface area contributed by atoms with Gasteiger partial charge in [-0.1, -0.05) is 11.3 Å². The summed E-state index contributed by atoms with van der Waals surface area (Å²) in [5.41, 5.74) is 1.67. The quantitative estimate of drug-likeness (QED) is 0.474. The molecule has 1 aliphatic heterocycles. The highest BCUT2D eigenvalue weighted by atomic mass is 127. The minimum Gasteiger partial charge on any atom is -0.393 e. The van der Waals surface area contributed by atoms with Gasteiger partial charge in [0.05, 0.1) is 19.9 Å². The van der Waals surface area contributed by atoms with Gasteiger partial charge in [0.15, 0.2) is 5.13 Å². The van der Waals surface area contributed by atoms with Crippen LogP contribution in [0.4, 0.5) is 20.1 Å². The Balaban J connectivity index is 1.41. The molecular formula is C21H23FIN5O2S. The third-order valence-electron chi connectivity index (χ3n) is 5.16. The van der Waals surface area contributed by atoms with Crippen LogP contribution in [0.3, 0.4) is 0 Å². The average molecular weight is 555 g/mol. The molecule has 0 spiro atoms. The number of hydrogen-bond acceptors (Lipinski definition) is 6. The molecule has 1 fully saturated rings. The SMILES string of the molecule is C[C@H](O)Cc1cnc(N2CCN(C(=O)Nc3nc4ccc(F)cc4s3)[C@H](C)C2)c(I)c1. The first-order chi connectivity index (χ1) is 14.8. The van der Waals surface area contributed by atoms with Gasteiger partial charge in [0.25, 0.3) is 0 Å². The Morgan fingerprint density at radius 2 is 2.23 bits per heavy atom. The molecule has 4 rings (SSSR count). The molecule has 31 heavy (non-hydrogen) atoms. The van der Waals surface area contributed by atoms with Gasteiger partial charge in [-0.2, -0.15) is 0 Å². The van der Waals surface area contributed by atoms with Gasteiger partial charge in [-0.15, -0.1) is 0 Å². The topological polar surface area (TPSA) is 81.6 Å². The Labute approximate surface area is 197 Å². The monoisotopic (exact) mass is 555 g/mol. The zero-order chi connectivity index (χ0) is 22.1. The number of amides is 2. The van der Waals surface area contributed by atoms with Gasteiger partial charge < -0.3 is 14.9 Å². The Bertz CT molecular complexity index is 1110. The minimum absolute atomic E-state index is 0.0182. The van der Waals surface area contributed by atoms with E-state index in [1.807, 2.05) is 13.1 Å². The lowest BCUT2D eigenvalue weighted by Gasteiger charge is -2.40. The van der Waals surface area contributed by atoms with Crippen LogP contribution in [0.5, 0.6) is 0 Å². The maximum Gasteiger partial charge on any atom is 0.324 e. The Morgan fingerprint density at radius 1 is 1.42 bits per heavy atom. The Hall–Kier alpha value is -2.05. The van der Waals surface area contributed by atoms with Crippen LogP contribution < -0.4 is 10.2 Å². The van der Waals surface area contributed by atoms with Crippen LogP contribution in [0, 0.1) is 9.39 Å². The van der Waals surface area contributed by atoms with Gasteiger partial charge in [0.2, 0.25) is 0 Å². The molecule has 0 aliphatic carbocycles. The molecule has 1 saturated heterocycles. The van der Waals surface area contributed by atoms with Crippen LogP contribution in [0.2, 0.25) is 0 Å². The minimum atomic E-state index is -0.403. The first-order valence-electron chi connectivity index (χ1n) is 10.0. The molecule has 0 radical (unpaired) electrons. The van der Waals surface area contributed by atoms with Gasteiger partial charge in [0, 0.05) is 31.9 Å². The molecule has 2 N–H and O–H groups in total. The van der Waals surface area contributed by atoms with Crippen molar-refractivity contribution in [2.45, 2.75) is 32.4 Å². The van der Waals surface area contributed by atoms with Crippen LogP contribution in [0.15, 0.2) is 30.5 Å². The summed E-state index contributed by atoms with van der Waals surface area (Å²) in [7, 11) is 0. The Morgan fingerprint density at radius 3 is 2.94 bits per heavy atom. The van der Waals surface area contributed by atoms with Crippen LogP contribution in [0.1, 0.15) is 19.4 Å². The highest BCUT2D eigenvalue weighted by molar-refractivity contribution is 14.1. The molecule has 2 aromatic heterocycles. The third-order valence-corrected chi connectivity index (χ3v) is 6.89. The van der Waals surface area contributed by atoms with Crippen molar-refractivity contribution in [2.24, 2.45) is 0 Å². The fraction of sp³-hybridized carbons (Fsp3) is 0.381. The number of thiazole rings is 1. The number of rotatable bonds is 4. The maximum atomic E-state index is 13.4. The number of pyridine rings is 1. The number of aliphatic hydroxyl groups excluding tert-OH is 1. The molecule has 0 bridgehead atoms. The highest BCUT2D eigenvalue weighted by Gasteiger charge is 2.29. The number of carbonyl (C=O) groups excluding carboxylic acids is 1. The molecule has 1 aliphatic rings. The van der Waals surface area contributed by atoms with Gasteiger partial charge in [-0.05, 0) is 72.7 Å². The van der Waals surface area contributed by atoms with E-state index in [2.05, 4.69) is 48.8 Å². The number of urea groups is 1. The van der Waals surface area contributed by atoms with E-state index < -0.39 is 6.10 Å². The molecular weight excluding hydrogens is 532 g/mol. The summed E-state index contributed by atoms with van der Waals surface area (Å²) in [6, 6.07) is 6.22. The number of anilines is 2. The highest BCUT2D eigenvalue weighted by Crippen LogP contribution is 2.28. The van der Waals surface area contributed by atoms with E-state index in [0.29, 0.717) is 41.4 Å². The number of nitrogens with one attached hydrogen (secondary N) is 1. The molecule has 0 unspecified atom stereocenters. The van der Waals surface area contributed by atoms with Crippen molar-refractivity contribution >= 4 is 61.1 Å². The summed E-state index contributed by atoms with van der Waals surface area (Å²) in [5.74, 6) is 0.580. The fourth-order valence-corrected chi connectivity index (χ4v) is 5.48. The number of nitrogens with zero attached hydrogens (tertiary/aromatic N) is 4. The zero-order valence-electron chi connectivity index (χ0n) is 17.2. The van der Waals surface area contributed by atoms with Crippen molar-refractivity contribution in [1.82, 2.24) is 14.9 Å². The first-order valence-corrected chi connectivity index (χ1v) is 11.9. The van der Waals surface area contributed by atoms with Crippen molar-refractivity contribution < 1.29 is 14.3 Å². The van der Waals surface area contributed by atoms with E-state index in [1.54, 1.807) is 17.9 Å². The molecule has 3 heterocycles. The number of benzene rings is 1. The average Bonchev–Trinajstić information content (AvgIpc) is 3.08. The first kappa shape index (κ1) is 22.2. The summed E-state index contributed by atoms with van der Waals surface area (Å²) >= 11 is 3.53. The molecule has 164 valence electrons. The molecule has 3 aromatic rings. The normalized spacial score (nSPS) is 17.8. The zero-order valence-corrected chi connectivity index (χ0v) is 20.2. The number of piperazine rings is 1. The summed E-state index contributed by atoms with van der Waals surface area (Å²) in [5, 5.41) is 12.9. The second-order valence-electron chi connectivity index (χ2n) is 7.75. The summed E-state index contributed by atoms with van der Waals surface area (Å²) in [6.45, 7) is 5.66. The van der Waals surface area contributed by atoms with Crippen LogP contribution in [-0.2, 0) is 6.42 Å². The number of hydrogen-bond donors (Lipinski definition) is 2. The van der Waals surface area contributed by atoms with E-state index in [1.165, 1.54) is 23.5 Å². The summed E-state index contributed by atoms with van der Waals surface area (Å²) < 4.78 is 15.1. The number of fused-ring (bicyclic) bond motifs is 1. The van der Waals surface area contributed by atoms with Crippen LogP contribution in [0.25, 0.3) is 10.2 Å². The summed E-state index contributed by atoms with van der Waals surface area (Å²) in [6.07, 6.45) is 1.98. The lowest BCUT2D eigenvalue weighted by molar-refractivity contribution is 0.184. The van der Waals surface area contributed by atoms with Crippen LogP contribution >= 0.6 is 33.9 Å². The van der Waals surface area contributed by atoms with Gasteiger partial charge in [-0.25, -0.2) is 19.2 Å². The van der Waals surface area contributed by atoms with Crippen molar-refractivity contribution in [1.29, 1.82) is 0 Å². The molecule has 0 saturated carbocycles. The smallest absolute Gasteiger partial charge is 0.324 e. The third kappa shape index (κ3) is 5.07. The number of aliphatic hydroxyl groups is 1. The van der Waals surface area contributed by atoms with E-state index in [4.69, 9.17) is 0 Å².